The minimum atomic E-state index is -0.326. The Hall–Kier alpha value is -0.940. The first-order valence-corrected chi connectivity index (χ1v) is 8.45. The van der Waals surface area contributed by atoms with Crippen molar-refractivity contribution in [2.24, 2.45) is 0 Å². The average Bonchev–Trinajstić information content (AvgIpc) is 2.70. The van der Waals surface area contributed by atoms with Gasteiger partial charge in [0.1, 0.15) is 0 Å². The number of ether oxygens (including phenoxy) is 1. The van der Waals surface area contributed by atoms with Gasteiger partial charge in [-0.2, -0.15) is 0 Å². The minimum absolute atomic E-state index is 0.00234. The molecule has 0 bridgehead atoms. The zero-order valence-corrected chi connectivity index (χ0v) is 12.7. The van der Waals surface area contributed by atoms with Gasteiger partial charge in [0.15, 0.2) is 0 Å². The van der Waals surface area contributed by atoms with Crippen LogP contribution in [0.15, 0.2) is 0 Å². The van der Waals surface area contributed by atoms with E-state index < -0.39 is 0 Å². The van der Waals surface area contributed by atoms with Crippen molar-refractivity contribution in [1.29, 1.82) is 0 Å². The molecule has 0 aromatic rings. The predicted octanol–water partition coefficient (Wildman–Crippen LogP) is 1.61. The van der Waals surface area contributed by atoms with Gasteiger partial charge in [0.2, 0.25) is 11.8 Å². The van der Waals surface area contributed by atoms with E-state index in [9.17, 15) is 9.59 Å². The molecule has 21 heavy (non-hydrogen) atoms. The maximum atomic E-state index is 12.6. The van der Waals surface area contributed by atoms with E-state index >= 15 is 0 Å². The van der Waals surface area contributed by atoms with Crippen molar-refractivity contribution < 1.29 is 14.3 Å². The molecule has 1 N–H and O–H groups in total. The molecule has 1 saturated carbocycles. The molecular weight excluding hydrogens is 268 g/mol. The van der Waals surface area contributed by atoms with Crippen LogP contribution in [0, 0.1) is 0 Å². The van der Waals surface area contributed by atoms with Gasteiger partial charge in [-0.3, -0.25) is 14.5 Å². The second-order valence-electron chi connectivity index (χ2n) is 6.58. The molecule has 2 amide bonds. The number of hydrogen-bond donors (Lipinski definition) is 1. The predicted molar refractivity (Wildman–Crippen MR) is 78.7 cm³/mol. The molecule has 2 heterocycles. The van der Waals surface area contributed by atoms with Crippen LogP contribution in [0.1, 0.15) is 57.8 Å². The molecule has 3 fully saturated rings. The molecular formula is C16H26N2O3. The molecule has 0 spiro atoms. The van der Waals surface area contributed by atoms with Crippen LogP contribution in [0.25, 0.3) is 0 Å². The zero-order valence-electron chi connectivity index (χ0n) is 12.7. The summed E-state index contributed by atoms with van der Waals surface area (Å²) >= 11 is 0. The van der Waals surface area contributed by atoms with Gasteiger partial charge >= 0.3 is 0 Å². The highest BCUT2D eigenvalue weighted by Gasteiger charge is 2.42. The molecule has 118 valence electrons. The Morgan fingerprint density at radius 3 is 2.43 bits per heavy atom. The van der Waals surface area contributed by atoms with Gasteiger partial charge in [-0.25, -0.2) is 0 Å². The smallest absolute Gasteiger partial charge is 0.247 e. The summed E-state index contributed by atoms with van der Waals surface area (Å²) in [5.74, 6) is 0.0126. The van der Waals surface area contributed by atoms with E-state index in [2.05, 4.69) is 5.32 Å². The number of nitrogens with one attached hydrogen (secondary N) is 1. The number of imide groups is 1. The van der Waals surface area contributed by atoms with Crippen molar-refractivity contribution in [2.75, 3.05) is 13.2 Å². The molecule has 0 aromatic heterocycles. The van der Waals surface area contributed by atoms with Gasteiger partial charge in [0.25, 0.3) is 0 Å². The van der Waals surface area contributed by atoms with Crippen molar-refractivity contribution in [2.45, 2.75) is 75.9 Å². The average molecular weight is 294 g/mol. The lowest BCUT2D eigenvalue weighted by atomic mass is 10.1. The van der Waals surface area contributed by atoms with Crippen LogP contribution < -0.4 is 5.32 Å². The third-order valence-corrected chi connectivity index (χ3v) is 4.97. The fourth-order valence-electron chi connectivity index (χ4n) is 3.84. The summed E-state index contributed by atoms with van der Waals surface area (Å²) in [6.45, 7) is 1.46. The van der Waals surface area contributed by atoms with Crippen molar-refractivity contribution in [3.63, 3.8) is 0 Å². The van der Waals surface area contributed by atoms with E-state index in [0.29, 0.717) is 13.0 Å². The fraction of sp³-hybridized carbons (Fsp3) is 0.875. The Labute approximate surface area is 126 Å². The Kier molecular flexibility index (Phi) is 4.91. The van der Waals surface area contributed by atoms with Crippen molar-refractivity contribution in [3.8, 4) is 0 Å². The molecule has 2 unspecified atom stereocenters. The third-order valence-electron chi connectivity index (χ3n) is 4.97. The fourth-order valence-corrected chi connectivity index (χ4v) is 3.84. The van der Waals surface area contributed by atoms with Crippen molar-refractivity contribution in [1.82, 2.24) is 10.2 Å². The van der Waals surface area contributed by atoms with Crippen LogP contribution in [0.2, 0.25) is 0 Å². The highest BCUT2D eigenvalue weighted by molar-refractivity contribution is 6.05. The van der Waals surface area contributed by atoms with Crippen LogP contribution in [-0.2, 0) is 14.3 Å². The lowest BCUT2D eigenvalue weighted by molar-refractivity contribution is -0.142. The summed E-state index contributed by atoms with van der Waals surface area (Å²) in [6.07, 6.45) is 9.08. The van der Waals surface area contributed by atoms with Crippen LogP contribution in [-0.4, -0.2) is 48.1 Å². The number of carbonyl (C=O) groups excluding carboxylic acids is 2. The van der Waals surface area contributed by atoms with Crippen LogP contribution in [0.4, 0.5) is 0 Å². The van der Waals surface area contributed by atoms with E-state index in [1.165, 1.54) is 12.8 Å². The summed E-state index contributed by atoms with van der Waals surface area (Å²) in [6, 6.07) is 0.0314. The Morgan fingerprint density at radius 1 is 1.00 bits per heavy atom. The first-order chi connectivity index (χ1) is 10.3. The van der Waals surface area contributed by atoms with Gasteiger partial charge in [-0.1, -0.05) is 25.7 Å². The van der Waals surface area contributed by atoms with Gasteiger partial charge in [-0.05, 0) is 25.7 Å². The molecule has 3 aliphatic rings. The van der Waals surface area contributed by atoms with E-state index in [1.807, 2.05) is 0 Å². The first-order valence-electron chi connectivity index (χ1n) is 8.45. The largest absolute Gasteiger partial charge is 0.380 e. The van der Waals surface area contributed by atoms with E-state index in [-0.39, 0.29) is 29.9 Å². The summed E-state index contributed by atoms with van der Waals surface area (Å²) in [7, 11) is 0. The van der Waals surface area contributed by atoms with Crippen LogP contribution in [0.5, 0.6) is 0 Å². The number of nitrogens with zero attached hydrogens (tertiary/aromatic N) is 1. The number of likely N-dealkylation sites (tertiary alicyclic amines) is 1. The monoisotopic (exact) mass is 294 g/mol. The quantitative estimate of drug-likeness (QED) is 0.634. The topological polar surface area (TPSA) is 58.6 Å². The molecule has 3 rings (SSSR count). The number of carbonyl (C=O) groups is 2. The Bertz CT molecular complexity index is 385. The Balaban J connectivity index is 1.61. The van der Waals surface area contributed by atoms with E-state index in [4.69, 9.17) is 4.74 Å². The minimum Gasteiger partial charge on any atom is -0.380 e. The molecule has 5 heteroatoms. The maximum absolute atomic E-state index is 12.6. The van der Waals surface area contributed by atoms with Gasteiger partial charge < -0.3 is 10.1 Å². The van der Waals surface area contributed by atoms with Gasteiger partial charge in [-0.15, -0.1) is 0 Å². The number of rotatable bonds is 3. The van der Waals surface area contributed by atoms with Crippen molar-refractivity contribution >= 4 is 11.8 Å². The summed E-state index contributed by atoms with van der Waals surface area (Å²) in [4.78, 5) is 26.5. The Morgan fingerprint density at radius 2 is 1.76 bits per heavy atom. The van der Waals surface area contributed by atoms with Crippen LogP contribution >= 0.6 is 0 Å². The van der Waals surface area contributed by atoms with E-state index in [0.717, 1.165) is 45.1 Å². The lowest BCUT2D eigenvalue weighted by Gasteiger charge is -2.27. The number of amides is 2. The standard InChI is InChI=1S/C16H26N2O3/c19-15-10-14(17-12-6-5-9-21-11-12)16(20)18(15)13-7-3-1-2-4-8-13/h12-14,17H,1-11H2. The summed E-state index contributed by atoms with van der Waals surface area (Å²) in [5, 5.41) is 3.35. The van der Waals surface area contributed by atoms with Gasteiger partial charge in [0, 0.05) is 18.7 Å². The third kappa shape index (κ3) is 3.46. The second-order valence-corrected chi connectivity index (χ2v) is 6.58. The van der Waals surface area contributed by atoms with Gasteiger partial charge in [0.05, 0.1) is 19.1 Å². The summed E-state index contributed by atoms with van der Waals surface area (Å²) < 4.78 is 5.44. The second kappa shape index (κ2) is 6.88. The summed E-state index contributed by atoms with van der Waals surface area (Å²) in [5.41, 5.74) is 0. The molecule has 2 saturated heterocycles. The van der Waals surface area contributed by atoms with Crippen molar-refractivity contribution in [3.05, 3.63) is 0 Å². The molecule has 5 nitrogen and oxygen atoms in total. The normalized spacial score (nSPS) is 32.5. The zero-order chi connectivity index (χ0) is 14.7. The molecule has 0 aromatic carbocycles. The highest BCUT2D eigenvalue weighted by Crippen LogP contribution is 2.27. The highest BCUT2D eigenvalue weighted by atomic mass is 16.5. The molecule has 2 atom stereocenters. The molecule has 1 aliphatic carbocycles. The SMILES string of the molecule is O=C1CC(NC2CCCOC2)C(=O)N1C1CCCCCC1. The number of hydrogen-bond acceptors (Lipinski definition) is 4. The molecule has 2 aliphatic heterocycles. The molecule has 0 radical (unpaired) electrons. The lowest BCUT2D eigenvalue weighted by Crippen LogP contribution is -2.48. The van der Waals surface area contributed by atoms with E-state index in [1.54, 1.807) is 4.90 Å². The first kappa shape index (κ1) is 15.0. The van der Waals surface area contributed by atoms with Crippen LogP contribution in [0.3, 0.4) is 0 Å². The maximum Gasteiger partial charge on any atom is 0.247 e.